The predicted molar refractivity (Wildman–Crippen MR) is 112 cm³/mol. The van der Waals surface area contributed by atoms with Crippen LogP contribution >= 0.6 is 11.3 Å². The van der Waals surface area contributed by atoms with Crippen LogP contribution in [0, 0.1) is 24.0 Å². The Morgan fingerprint density at radius 2 is 1.93 bits per heavy atom. The van der Waals surface area contributed by atoms with Gasteiger partial charge >= 0.3 is 0 Å². The summed E-state index contributed by atoms with van der Waals surface area (Å²) in [6.45, 7) is 4.76. The van der Waals surface area contributed by atoms with E-state index in [9.17, 15) is 14.9 Å². The lowest BCUT2D eigenvalue weighted by Crippen LogP contribution is -2.42. The molecule has 0 atom stereocenters. The molecule has 1 aliphatic heterocycles. The Kier molecular flexibility index (Phi) is 5.19. The van der Waals surface area contributed by atoms with Crippen molar-refractivity contribution in [3.63, 3.8) is 0 Å². The van der Waals surface area contributed by atoms with Crippen LogP contribution in [0.5, 0.6) is 5.19 Å². The van der Waals surface area contributed by atoms with Crippen molar-refractivity contribution >= 4 is 33.1 Å². The Hall–Kier alpha value is -3.00. The van der Waals surface area contributed by atoms with Gasteiger partial charge in [0.1, 0.15) is 6.10 Å². The van der Waals surface area contributed by atoms with E-state index in [1.54, 1.807) is 24.0 Å². The third-order valence-electron chi connectivity index (χ3n) is 5.33. The summed E-state index contributed by atoms with van der Waals surface area (Å²) in [5.74, 6) is -0.166. The highest BCUT2D eigenvalue weighted by Gasteiger charge is 2.28. The summed E-state index contributed by atoms with van der Waals surface area (Å²) in [7, 11) is 0. The summed E-state index contributed by atoms with van der Waals surface area (Å²) >= 11 is 1.54. The summed E-state index contributed by atoms with van der Waals surface area (Å²) < 4.78 is 7.19. The molecule has 4 rings (SSSR count). The average Bonchev–Trinajstić information content (AvgIpc) is 3.12. The summed E-state index contributed by atoms with van der Waals surface area (Å²) in [4.78, 5) is 29.9. The van der Waals surface area contributed by atoms with Gasteiger partial charge in [0.25, 0.3) is 16.8 Å². The topological polar surface area (TPSA) is 85.6 Å². The largest absolute Gasteiger partial charge is 0.467 e. The van der Waals surface area contributed by atoms with E-state index in [1.807, 2.05) is 25.1 Å². The molecule has 1 amide bonds. The Bertz CT molecular complexity index is 1090. The van der Waals surface area contributed by atoms with Gasteiger partial charge in [0.05, 0.1) is 15.1 Å². The minimum atomic E-state index is -0.452. The number of carbonyl (C=O) groups is 1. The van der Waals surface area contributed by atoms with Crippen LogP contribution in [0.2, 0.25) is 0 Å². The van der Waals surface area contributed by atoms with Gasteiger partial charge in [0.2, 0.25) is 0 Å². The van der Waals surface area contributed by atoms with Crippen molar-refractivity contribution in [2.24, 2.45) is 0 Å². The number of para-hydroxylation sites is 1. The SMILES string of the molecule is Cc1c(C(=O)N2CCC(Oc3nc4c(C)cccc4s3)CC2)cccc1[N+](=O)[O-]. The molecule has 2 heterocycles. The van der Waals surface area contributed by atoms with Crippen LogP contribution in [0.3, 0.4) is 0 Å². The van der Waals surface area contributed by atoms with Gasteiger partial charge in [-0.05, 0) is 31.5 Å². The molecule has 7 nitrogen and oxygen atoms in total. The van der Waals surface area contributed by atoms with Crippen LogP contribution in [0.1, 0.15) is 34.3 Å². The van der Waals surface area contributed by atoms with Crippen LogP contribution in [-0.4, -0.2) is 39.9 Å². The van der Waals surface area contributed by atoms with E-state index in [-0.39, 0.29) is 17.7 Å². The number of nitrogens with zero attached hydrogens (tertiary/aromatic N) is 3. The number of ether oxygens (including phenoxy) is 1. The quantitative estimate of drug-likeness (QED) is 0.466. The van der Waals surface area contributed by atoms with Crippen LogP contribution in [0.15, 0.2) is 36.4 Å². The first-order valence-electron chi connectivity index (χ1n) is 9.50. The molecule has 8 heteroatoms. The Morgan fingerprint density at radius 3 is 2.62 bits per heavy atom. The number of hydrogen-bond donors (Lipinski definition) is 0. The molecule has 1 saturated heterocycles. The Labute approximate surface area is 172 Å². The first-order valence-corrected chi connectivity index (χ1v) is 10.3. The van der Waals surface area contributed by atoms with Crippen molar-refractivity contribution in [2.45, 2.75) is 32.8 Å². The molecule has 0 spiro atoms. The van der Waals surface area contributed by atoms with Gasteiger partial charge in [-0.3, -0.25) is 14.9 Å². The van der Waals surface area contributed by atoms with Crippen LogP contribution in [0.25, 0.3) is 10.2 Å². The molecule has 2 aromatic carbocycles. The number of aromatic nitrogens is 1. The molecular formula is C21H21N3O4S. The Morgan fingerprint density at radius 1 is 1.21 bits per heavy atom. The molecule has 1 aliphatic rings. The smallest absolute Gasteiger partial charge is 0.274 e. The molecule has 0 radical (unpaired) electrons. The minimum Gasteiger partial charge on any atom is -0.467 e. The van der Waals surface area contributed by atoms with Crippen molar-refractivity contribution in [1.82, 2.24) is 9.88 Å². The van der Waals surface area contributed by atoms with Gasteiger partial charge in [-0.1, -0.05) is 29.5 Å². The van der Waals surface area contributed by atoms with Crippen LogP contribution < -0.4 is 4.74 Å². The number of rotatable bonds is 4. The minimum absolute atomic E-state index is 0.00567. The van der Waals surface area contributed by atoms with Crippen molar-refractivity contribution in [2.75, 3.05) is 13.1 Å². The number of nitro benzene ring substituents is 1. The maximum atomic E-state index is 12.9. The number of aryl methyl sites for hydroxylation is 1. The first kappa shape index (κ1) is 19.3. The third kappa shape index (κ3) is 3.80. The van der Waals surface area contributed by atoms with Crippen molar-refractivity contribution < 1.29 is 14.5 Å². The fourth-order valence-corrected chi connectivity index (χ4v) is 4.62. The van der Waals surface area contributed by atoms with E-state index in [2.05, 4.69) is 4.98 Å². The standard InChI is InChI=1S/C21H21N3O4S/c1-13-5-3-8-18-19(13)22-21(29-18)28-15-9-11-23(12-10-15)20(25)16-6-4-7-17(14(16)2)24(26)27/h3-8,15H,9-12H2,1-2H3. The molecule has 0 aliphatic carbocycles. The highest BCUT2D eigenvalue weighted by Crippen LogP contribution is 2.31. The van der Waals surface area contributed by atoms with E-state index in [0.29, 0.717) is 42.3 Å². The zero-order valence-electron chi connectivity index (χ0n) is 16.3. The monoisotopic (exact) mass is 411 g/mol. The second-order valence-corrected chi connectivity index (χ2v) is 8.21. The molecule has 0 saturated carbocycles. The molecule has 150 valence electrons. The zero-order valence-corrected chi connectivity index (χ0v) is 17.1. The summed E-state index contributed by atoms with van der Waals surface area (Å²) in [5.41, 5.74) is 2.87. The van der Waals surface area contributed by atoms with Crippen LogP contribution in [0.4, 0.5) is 5.69 Å². The van der Waals surface area contributed by atoms with Crippen LogP contribution in [-0.2, 0) is 0 Å². The maximum Gasteiger partial charge on any atom is 0.274 e. The second-order valence-electron chi connectivity index (χ2n) is 7.22. The molecule has 29 heavy (non-hydrogen) atoms. The van der Waals surface area contributed by atoms with Gasteiger partial charge in [0, 0.05) is 43.1 Å². The number of fused-ring (bicyclic) bond motifs is 1. The molecule has 0 N–H and O–H groups in total. The normalized spacial score (nSPS) is 14.9. The number of likely N-dealkylation sites (tertiary alicyclic amines) is 1. The predicted octanol–water partition coefficient (Wildman–Crippen LogP) is 4.50. The molecule has 0 unspecified atom stereocenters. The maximum absolute atomic E-state index is 12.9. The molecule has 3 aromatic rings. The van der Waals surface area contributed by atoms with Crippen molar-refractivity contribution in [3.8, 4) is 5.19 Å². The second kappa shape index (κ2) is 7.79. The number of piperidine rings is 1. The third-order valence-corrected chi connectivity index (χ3v) is 6.24. The molecule has 0 bridgehead atoms. The number of nitro groups is 1. The highest BCUT2D eigenvalue weighted by molar-refractivity contribution is 7.20. The van der Waals surface area contributed by atoms with Gasteiger partial charge in [-0.25, -0.2) is 4.98 Å². The molecule has 1 fully saturated rings. The summed E-state index contributed by atoms with van der Waals surface area (Å²) in [6.07, 6.45) is 1.41. The summed E-state index contributed by atoms with van der Waals surface area (Å²) in [6, 6.07) is 10.7. The summed E-state index contributed by atoms with van der Waals surface area (Å²) in [5, 5.41) is 11.8. The van der Waals surface area contributed by atoms with E-state index >= 15 is 0 Å². The average molecular weight is 411 g/mol. The molecule has 1 aromatic heterocycles. The van der Waals surface area contributed by atoms with E-state index < -0.39 is 4.92 Å². The fraction of sp³-hybridized carbons (Fsp3) is 0.333. The van der Waals surface area contributed by atoms with Crippen molar-refractivity contribution in [1.29, 1.82) is 0 Å². The lowest BCUT2D eigenvalue weighted by Gasteiger charge is -2.31. The number of hydrogen-bond acceptors (Lipinski definition) is 6. The van der Waals surface area contributed by atoms with Gasteiger partial charge in [-0.15, -0.1) is 0 Å². The van der Waals surface area contributed by atoms with E-state index in [4.69, 9.17) is 4.74 Å². The zero-order chi connectivity index (χ0) is 20.5. The lowest BCUT2D eigenvalue weighted by molar-refractivity contribution is -0.385. The van der Waals surface area contributed by atoms with Gasteiger partial charge in [-0.2, -0.15) is 0 Å². The highest BCUT2D eigenvalue weighted by atomic mass is 32.1. The number of carbonyl (C=O) groups excluding carboxylic acids is 1. The first-order chi connectivity index (χ1) is 13.9. The van der Waals surface area contributed by atoms with E-state index in [0.717, 1.165) is 15.8 Å². The number of thiazole rings is 1. The van der Waals surface area contributed by atoms with E-state index in [1.165, 1.54) is 17.4 Å². The number of amides is 1. The lowest BCUT2D eigenvalue weighted by atomic mass is 10.0. The fourth-order valence-electron chi connectivity index (χ4n) is 3.66. The van der Waals surface area contributed by atoms with Gasteiger partial charge < -0.3 is 9.64 Å². The number of benzene rings is 2. The van der Waals surface area contributed by atoms with Crippen molar-refractivity contribution in [3.05, 3.63) is 63.2 Å². The Balaban J connectivity index is 1.41. The molecular weight excluding hydrogens is 390 g/mol. The van der Waals surface area contributed by atoms with Gasteiger partial charge in [0.15, 0.2) is 0 Å².